The van der Waals surface area contributed by atoms with Gasteiger partial charge in [-0.3, -0.25) is 9.80 Å². The van der Waals surface area contributed by atoms with E-state index in [-0.39, 0.29) is 29.3 Å². The summed E-state index contributed by atoms with van der Waals surface area (Å²) in [4.78, 5) is 4.34. The standard InChI is InChI=1S/C26H35N3O6S/c1-28-15-21(30)13-27-36(32,33)26-7-6-19(18-8-10-34-11-9-18)12-24(26)35-25-17-29(16-22(25)28)14-20-4-2-3-5-23(20)31/h2-7,12,18,21-22,25,27,30-31H,8-11,13-17H2,1H3/t21-,22+,25-/m0/s1. The Morgan fingerprint density at radius 3 is 2.64 bits per heavy atom. The number of para-hydroxylation sites is 1. The van der Waals surface area contributed by atoms with Crippen LogP contribution in [0.5, 0.6) is 11.5 Å². The number of benzene rings is 2. The lowest BCUT2D eigenvalue weighted by Crippen LogP contribution is -2.47. The molecule has 36 heavy (non-hydrogen) atoms. The predicted octanol–water partition coefficient (Wildman–Crippen LogP) is 1.50. The third-order valence-corrected chi connectivity index (χ3v) is 8.96. The number of aromatic hydroxyl groups is 1. The number of likely N-dealkylation sites (tertiary alicyclic amines) is 1. The smallest absolute Gasteiger partial charge is 0.244 e. The van der Waals surface area contributed by atoms with Crippen LogP contribution in [0.2, 0.25) is 0 Å². The van der Waals surface area contributed by atoms with E-state index in [1.807, 2.05) is 36.2 Å². The minimum atomic E-state index is -3.88. The van der Waals surface area contributed by atoms with Gasteiger partial charge in [0.15, 0.2) is 0 Å². The highest BCUT2D eigenvalue weighted by atomic mass is 32.2. The monoisotopic (exact) mass is 517 g/mol. The van der Waals surface area contributed by atoms with Crippen molar-refractivity contribution in [3.05, 3.63) is 53.6 Å². The van der Waals surface area contributed by atoms with Crippen LogP contribution in [0.25, 0.3) is 0 Å². The second-order valence-corrected chi connectivity index (χ2v) is 11.8. The minimum absolute atomic E-state index is 0.0640. The molecule has 0 aliphatic carbocycles. The number of phenols is 1. The number of likely N-dealkylation sites (N-methyl/N-ethyl adjacent to an activating group) is 1. The fourth-order valence-corrected chi connectivity index (χ4v) is 6.68. The molecule has 3 atom stereocenters. The maximum atomic E-state index is 13.2. The van der Waals surface area contributed by atoms with Gasteiger partial charge < -0.3 is 19.7 Å². The normalized spacial score (nSPS) is 28.0. The molecular weight excluding hydrogens is 482 g/mol. The molecule has 3 heterocycles. The topological polar surface area (TPSA) is 112 Å². The van der Waals surface area contributed by atoms with Crippen LogP contribution in [0.15, 0.2) is 47.4 Å². The summed E-state index contributed by atoms with van der Waals surface area (Å²) in [5.74, 6) is 0.888. The number of nitrogens with one attached hydrogen (secondary N) is 1. The number of β-amino-alcohol motifs (C(OH)–C–C–N with tert-alkyl or cyclic N) is 1. The van der Waals surface area contributed by atoms with Gasteiger partial charge in [-0.1, -0.05) is 24.3 Å². The third-order valence-electron chi connectivity index (χ3n) is 7.50. The van der Waals surface area contributed by atoms with Gasteiger partial charge in [-0.2, -0.15) is 0 Å². The Kier molecular flexibility index (Phi) is 7.52. The minimum Gasteiger partial charge on any atom is -0.508 e. The first-order valence-electron chi connectivity index (χ1n) is 12.6. The molecule has 0 radical (unpaired) electrons. The Labute approximate surface area is 212 Å². The van der Waals surface area contributed by atoms with E-state index in [0.717, 1.165) is 24.0 Å². The van der Waals surface area contributed by atoms with Crippen LogP contribution in [0, 0.1) is 0 Å². The largest absolute Gasteiger partial charge is 0.508 e. The van der Waals surface area contributed by atoms with Gasteiger partial charge in [-0.15, -0.1) is 0 Å². The average molecular weight is 518 g/mol. The number of aliphatic hydroxyl groups excluding tert-OH is 1. The van der Waals surface area contributed by atoms with Crippen LogP contribution in [-0.2, 0) is 21.3 Å². The number of fused-ring (bicyclic) bond motifs is 2. The first kappa shape index (κ1) is 25.4. The van der Waals surface area contributed by atoms with Gasteiger partial charge in [0.2, 0.25) is 10.0 Å². The quantitative estimate of drug-likeness (QED) is 0.562. The van der Waals surface area contributed by atoms with Crippen LogP contribution in [0.3, 0.4) is 0 Å². The Morgan fingerprint density at radius 2 is 1.86 bits per heavy atom. The molecule has 9 nitrogen and oxygen atoms in total. The summed E-state index contributed by atoms with van der Waals surface area (Å²) in [6.45, 7) is 3.39. The summed E-state index contributed by atoms with van der Waals surface area (Å²) in [7, 11) is -1.95. The number of nitrogens with zero attached hydrogens (tertiary/aromatic N) is 2. The van der Waals surface area contributed by atoms with Crippen molar-refractivity contribution < 1.29 is 28.1 Å². The van der Waals surface area contributed by atoms with E-state index < -0.39 is 16.1 Å². The molecule has 0 saturated carbocycles. The van der Waals surface area contributed by atoms with Gasteiger partial charge in [0.25, 0.3) is 0 Å². The lowest BCUT2D eigenvalue weighted by molar-refractivity contribution is 0.0710. The van der Waals surface area contributed by atoms with E-state index in [0.29, 0.717) is 51.1 Å². The maximum Gasteiger partial charge on any atom is 0.244 e. The highest BCUT2D eigenvalue weighted by molar-refractivity contribution is 7.89. The van der Waals surface area contributed by atoms with Crippen LogP contribution < -0.4 is 9.46 Å². The summed E-state index contributed by atoms with van der Waals surface area (Å²) in [5.41, 5.74) is 1.88. The van der Waals surface area contributed by atoms with E-state index in [4.69, 9.17) is 9.47 Å². The Morgan fingerprint density at radius 1 is 1.08 bits per heavy atom. The molecule has 2 saturated heterocycles. The maximum absolute atomic E-state index is 13.2. The van der Waals surface area contributed by atoms with Gasteiger partial charge in [0.05, 0.1) is 12.1 Å². The summed E-state index contributed by atoms with van der Waals surface area (Å²) in [6.07, 6.45) is 0.601. The zero-order valence-electron chi connectivity index (χ0n) is 20.5. The number of aliphatic hydroxyl groups is 1. The molecule has 2 fully saturated rings. The third kappa shape index (κ3) is 5.53. The molecule has 3 aliphatic heterocycles. The summed E-state index contributed by atoms with van der Waals surface area (Å²) < 4.78 is 41.0. The number of rotatable bonds is 3. The number of sulfonamides is 1. The number of phenolic OH excluding ortho intramolecular Hbond substituents is 1. The first-order chi connectivity index (χ1) is 17.3. The van der Waals surface area contributed by atoms with Crippen LogP contribution in [0.4, 0.5) is 0 Å². The van der Waals surface area contributed by atoms with E-state index in [2.05, 4.69) is 9.62 Å². The molecule has 0 unspecified atom stereocenters. The molecule has 0 aromatic heterocycles. The van der Waals surface area contributed by atoms with Crippen molar-refractivity contribution in [3.8, 4) is 11.5 Å². The SMILES string of the molecule is CN1C[C@@H](O)CNS(=O)(=O)c2ccc(C3CCOCC3)cc2O[C@H]2CN(Cc3ccccc3O)C[C@H]21. The molecule has 0 spiro atoms. The average Bonchev–Trinajstić information content (AvgIpc) is 3.26. The number of hydrogen-bond donors (Lipinski definition) is 3. The Bertz CT molecular complexity index is 1170. The predicted molar refractivity (Wildman–Crippen MR) is 135 cm³/mol. The van der Waals surface area contributed by atoms with E-state index in [1.165, 1.54) is 0 Å². The highest BCUT2D eigenvalue weighted by Gasteiger charge is 2.39. The molecular formula is C26H35N3O6S. The van der Waals surface area contributed by atoms with Crippen LogP contribution in [0.1, 0.15) is 29.9 Å². The molecule has 0 bridgehead atoms. The molecule has 2 aromatic carbocycles. The zero-order chi connectivity index (χ0) is 25.3. The van der Waals surface area contributed by atoms with E-state index in [9.17, 15) is 18.6 Å². The Hall–Kier alpha value is -2.21. The summed E-state index contributed by atoms with van der Waals surface area (Å²) >= 11 is 0. The fraction of sp³-hybridized carbons (Fsp3) is 0.538. The molecule has 3 N–H and O–H groups in total. The van der Waals surface area contributed by atoms with E-state index in [1.54, 1.807) is 18.2 Å². The molecule has 5 rings (SSSR count). The van der Waals surface area contributed by atoms with Crippen molar-refractivity contribution in [3.63, 3.8) is 0 Å². The fourth-order valence-electron chi connectivity index (χ4n) is 5.49. The molecule has 3 aliphatic rings. The molecule has 0 amide bonds. The van der Waals surface area contributed by atoms with Crippen LogP contribution in [-0.4, -0.2) is 93.1 Å². The second kappa shape index (κ2) is 10.6. The van der Waals surface area contributed by atoms with Gasteiger partial charge in [0.1, 0.15) is 22.5 Å². The molecule has 196 valence electrons. The van der Waals surface area contributed by atoms with Crippen molar-refractivity contribution in [1.82, 2.24) is 14.5 Å². The molecule has 2 aromatic rings. The van der Waals surface area contributed by atoms with Crippen molar-refractivity contribution >= 4 is 10.0 Å². The summed E-state index contributed by atoms with van der Waals surface area (Å²) in [5, 5.41) is 20.8. The lowest BCUT2D eigenvalue weighted by Gasteiger charge is -2.30. The zero-order valence-corrected chi connectivity index (χ0v) is 21.4. The number of hydrogen-bond acceptors (Lipinski definition) is 8. The highest BCUT2D eigenvalue weighted by Crippen LogP contribution is 2.35. The summed E-state index contributed by atoms with van der Waals surface area (Å²) in [6, 6.07) is 12.6. The van der Waals surface area contributed by atoms with Gasteiger partial charge in [-0.25, -0.2) is 13.1 Å². The van der Waals surface area contributed by atoms with Crippen molar-refractivity contribution in [2.45, 2.75) is 48.4 Å². The van der Waals surface area contributed by atoms with Crippen LogP contribution >= 0.6 is 0 Å². The Balaban J connectivity index is 1.48. The second-order valence-electron chi connectivity index (χ2n) is 10.1. The van der Waals surface area contributed by atoms with Gasteiger partial charge in [-0.05, 0) is 49.6 Å². The van der Waals surface area contributed by atoms with Gasteiger partial charge >= 0.3 is 0 Å². The lowest BCUT2D eigenvalue weighted by atomic mass is 9.92. The van der Waals surface area contributed by atoms with E-state index >= 15 is 0 Å². The molecule has 10 heteroatoms. The van der Waals surface area contributed by atoms with Crippen molar-refractivity contribution in [1.29, 1.82) is 0 Å². The van der Waals surface area contributed by atoms with Crippen molar-refractivity contribution in [2.75, 3.05) is 46.4 Å². The first-order valence-corrected chi connectivity index (χ1v) is 14.0. The number of ether oxygens (including phenoxy) is 2. The van der Waals surface area contributed by atoms with Crippen molar-refractivity contribution in [2.24, 2.45) is 0 Å². The van der Waals surface area contributed by atoms with Gasteiger partial charge in [0, 0.05) is 51.5 Å².